The maximum Gasteiger partial charge on any atom is 0.416 e. The van der Waals surface area contributed by atoms with Gasteiger partial charge in [-0.1, -0.05) is 22.9 Å². The molecule has 0 bridgehead atoms. The van der Waals surface area contributed by atoms with Gasteiger partial charge < -0.3 is 10.8 Å². The number of likely N-dealkylation sites (tertiary alicyclic amines) is 1. The molecule has 1 aliphatic rings. The number of primary amides is 1. The topological polar surface area (TPSA) is 109 Å². The van der Waals surface area contributed by atoms with Gasteiger partial charge in [-0.25, -0.2) is 4.98 Å². The molecular formula is C21H18ClF3N4O3S. The molecule has 1 aromatic heterocycles. The monoisotopic (exact) mass is 498 g/mol. The lowest BCUT2D eigenvalue weighted by Gasteiger charge is -2.22. The van der Waals surface area contributed by atoms with Crippen LogP contribution in [0.15, 0.2) is 30.3 Å². The van der Waals surface area contributed by atoms with Crippen molar-refractivity contribution in [2.45, 2.75) is 31.6 Å². The number of hydrogen-bond acceptors (Lipinski definition) is 6. The zero-order chi connectivity index (χ0) is 23.9. The van der Waals surface area contributed by atoms with Gasteiger partial charge in [-0.2, -0.15) is 13.2 Å². The number of alkyl halides is 3. The number of benzene rings is 2. The Morgan fingerprint density at radius 1 is 1.30 bits per heavy atom. The molecule has 2 aromatic carbocycles. The molecule has 174 valence electrons. The van der Waals surface area contributed by atoms with Crippen molar-refractivity contribution in [2.75, 3.05) is 11.9 Å². The molecule has 2 heterocycles. The standard InChI is InChI=1S/C21H18ClF3N4O3S/c22-12-6-10(9-29-5-1-2-15(29)18(26)31)17(30)13(8-12)19(32)28-20-27-14-4-3-11(21(23,24)25)7-16(14)33-20/h3-4,6-8,15,30H,1-2,5,9H2,(H2,26,31)(H,27,28,32). The summed E-state index contributed by atoms with van der Waals surface area (Å²) >= 11 is 7.03. The maximum atomic E-state index is 12.9. The molecule has 0 saturated carbocycles. The zero-order valence-corrected chi connectivity index (χ0v) is 18.5. The quantitative estimate of drug-likeness (QED) is 0.484. The zero-order valence-electron chi connectivity index (χ0n) is 16.9. The molecule has 1 unspecified atom stereocenters. The summed E-state index contributed by atoms with van der Waals surface area (Å²) in [6.07, 6.45) is -3.11. The number of aromatic hydroxyl groups is 1. The number of aromatic nitrogens is 1. The number of nitrogens with zero attached hydrogens (tertiary/aromatic N) is 2. The van der Waals surface area contributed by atoms with Crippen molar-refractivity contribution in [3.8, 4) is 5.75 Å². The molecule has 7 nitrogen and oxygen atoms in total. The first kappa shape index (κ1) is 23.3. The van der Waals surface area contributed by atoms with Gasteiger partial charge in [0.15, 0.2) is 5.13 Å². The molecule has 12 heteroatoms. The van der Waals surface area contributed by atoms with Crippen molar-refractivity contribution in [3.63, 3.8) is 0 Å². The highest BCUT2D eigenvalue weighted by molar-refractivity contribution is 7.22. The molecule has 33 heavy (non-hydrogen) atoms. The third-order valence-corrected chi connectivity index (χ3v) is 6.55. The molecule has 0 radical (unpaired) electrons. The Morgan fingerprint density at radius 2 is 2.06 bits per heavy atom. The molecule has 1 atom stereocenters. The Kier molecular flexibility index (Phi) is 6.21. The third-order valence-electron chi connectivity index (χ3n) is 5.40. The Bertz CT molecular complexity index is 1250. The summed E-state index contributed by atoms with van der Waals surface area (Å²) in [6, 6.07) is 5.42. The molecule has 4 rings (SSSR count). The van der Waals surface area contributed by atoms with Crippen molar-refractivity contribution in [1.29, 1.82) is 0 Å². The molecule has 0 aliphatic carbocycles. The Labute approximate surface area is 195 Å². The fourth-order valence-electron chi connectivity index (χ4n) is 3.82. The number of phenolic OH excluding ortho intramolecular Hbond substituents is 1. The van der Waals surface area contributed by atoms with Crippen LogP contribution in [0.25, 0.3) is 10.2 Å². The number of carbonyl (C=O) groups is 2. The van der Waals surface area contributed by atoms with Gasteiger partial charge in [-0.15, -0.1) is 0 Å². The summed E-state index contributed by atoms with van der Waals surface area (Å²) in [5.74, 6) is -1.50. The Hall–Kier alpha value is -2.89. The number of nitrogens with two attached hydrogens (primary N) is 1. The number of fused-ring (bicyclic) bond motifs is 1. The fourth-order valence-corrected chi connectivity index (χ4v) is 4.97. The highest BCUT2D eigenvalue weighted by Crippen LogP contribution is 2.35. The number of halogens is 4. The minimum absolute atomic E-state index is 0.0728. The summed E-state index contributed by atoms with van der Waals surface area (Å²) in [7, 11) is 0. The molecule has 3 aromatic rings. The largest absolute Gasteiger partial charge is 0.507 e. The van der Waals surface area contributed by atoms with E-state index >= 15 is 0 Å². The fraction of sp³-hybridized carbons (Fsp3) is 0.286. The molecular weight excluding hydrogens is 481 g/mol. The summed E-state index contributed by atoms with van der Waals surface area (Å²) in [5.41, 5.74) is 5.14. The van der Waals surface area contributed by atoms with E-state index in [-0.39, 0.29) is 32.7 Å². The second kappa shape index (κ2) is 8.81. The predicted octanol–water partition coefficient (Wildman–Crippen LogP) is 4.38. The van der Waals surface area contributed by atoms with E-state index in [1.54, 1.807) is 4.90 Å². The van der Waals surface area contributed by atoms with E-state index in [0.29, 0.717) is 24.0 Å². The lowest BCUT2D eigenvalue weighted by molar-refractivity contribution is -0.137. The second-order valence-electron chi connectivity index (χ2n) is 7.65. The van der Waals surface area contributed by atoms with Crippen LogP contribution in [-0.4, -0.2) is 39.4 Å². The highest BCUT2D eigenvalue weighted by Gasteiger charge is 2.31. The van der Waals surface area contributed by atoms with E-state index in [0.717, 1.165) is 29.9 Å². The number of carbonyl (C=O) groups excluding carboxylic acids is 2. The van der Waals surface area contributed by atoms with Crippen LogP contribution in [0.1, 0.15) is 34.3 Å². The van der Waals surface area contributed by atoms with Crippen LogP contribution < -0.4 is 11.1 Å². The number of anilines is 1. The van der Waals surface area contributed by atoms with Crippen molar-refractivity contribution in [2.24, 2.45) is 5.73 Å². The van der Waals surface area contributed by atoms with Crippen LogP contribution in [0, 0.1) is 0 Å². The average molecular weight is 499 g/mol. The molecule has 1 saturated heterocycles. The summed E-state index contributed by atoms with van der Waals surface area (Å²) < 4.78 is 39.1. The van der Waals surface area contributed by atoms with Crippen LogP contribution in [0.4, 0.5) is 18.3 Å². The first-order chi connectivity index (χ1) is 15.5. The van der Waals surface area contributed by atoms with Crippen molar-refractivity contribution >= 4 is 50.1 Å². The van der Waals surface area contributed by atoms with E-state index in [1.165, 1.54) is 18.2 Å². The van der Waals surface area contributed by atoms with Gasteiger partial charge in [0.25, 0.3) is 5.91 Å². The van der Waals surface area contributed by atoms with Gasteiger partial charge in [-0.3, -0.25) is 19.8 Å². The van der Waals surface area contributed by atoms with E-state index in [4.69, 9.17) is 17.3 Å². The summed E-state index contributed by atoms with van der Waals surface area (Å²) in [6.45, 7) is 0.772. The van der Waals surface area contributed by atoms with Gasteiger partial charge in [-0.05, 0) is 49.7 Å². The molecule has 4 N–H and O–H groups in total. The smallest absolute Gasteiger partial charge is 0.416 e. The minimum Gasteiger partial charge on any atom is -0.507 e. The van der Waals surface area contributed by atoms with E-state index < -0.39 is 29.6 Å². The summed E-state index contributed by atoms with van der Waals surface area (Å²) in [5, 5.41) is 13.5. The van der Waals surface area contributed by atoms with Crippen molar-refractivity contribution in [1.82, 2.24) is 9.88 Å². The molecule has 1 aliphatic heterocycles. The molecule has 1 fully saturated rings. The van der Waals surface area contributed by atoms with Crippen LogP contribution >= 0.6 is 22.9 Å². The average Bonchev–Trinajstić information content (AvgIpc) is 3.35. The first-order valence-corrected chi connectivity index (χ1v) is 11.1. The van der Waals surface area contributed by atoms with Gasteiger partial charge in [0.05, 0.1) is 27.4 Å². The number of phenols is 1. The van der Waals surface area contributed by atoms with Gasteiger partial charge in [0, 0.05) is 17.1 Å². The Balaban J connectivity index is 1.58. The lowest BCUT2D eigenvalue weighted by Crippen LogP contribution is -2.39. The number of rotatable bonds is 5. The predicted molar refractivity (Wildman–Crippen MR) is 118 cm³/mol. The van der Waals surface area contributed by atoms with E-state index in [9.17, 15) is 27.9 Å². The first-order valence-electron chi connectivity index (χ1n) is 9.87. The highest BCUT2D eigenvalue weighted by atomic mass is 35.5. The maximum absolute atomic E-state index is 12.9. The van der Waals surface area contributed by atoms with Crippen LogP contribution in [0.3, 0.4) is 0 Å². The summed E-state index contributed by atoms with van der Waals surface area (Å²) in [4.78, 5) is 30.4. The second-order valence-corrected chi connectivity index (χ2v) is 9.11. The van der Waals surface area contributed by atoms with Crippen molar-refractivity contribution < 1.29 is 27.9 Å². The number of hydrogen-bond donors (Lipinski definition) is 3. The molecule has 0 spiro atoms. The van der Waals surface area contributed by atoms with Crippen molar-refractivity contribution in [3.05, 3.63) is 52.0 Å². The van der Waals surface area contributed by atoms with Gasteiger partial charge >= 0.3 is 6.18 Å². The van der Waals surface area contributed by atoms with E-state index in [2.05, 4.69) is 10.3 Å². The van der Waals surface area contributed by atoms with Crippen LogP contribution in [0.2, 0.25) is 5.02 Å². The number of nitrogens with one attached hydrogen (secondary N) is 1. The van der Waals surface area contributed by atoms with Crippen LogP contribution in [0.5, 0.6) is 5.75 Å². The minimum atomic E-state index is -4.49. The van der Waals surface area contributed by atoms with Gasteiger partial charge in [0.1, 0.15) is 5.75 Å². The Morgan fingerprint density at radius 3 is 2.76 bits per heavy atom. The third kappa shape index (κ3) is 4.90. The lowest BCUT2D eigenvalue weighted by atomic mass is 10.1. The van der Waals surface area contributed by atoms with Gasteiger partial charge in [0.2, 0.25) is 5.91 Å². The number of amides is 2. The SMILES string of the molecule is NC(=O)C1CCCN1Cc1cc(Cl)cc(C(=O)Nc2nc3ccc(C(F)(F)F)cc3s2)c1O. The number of thiazole rings is 1. The van der Waals surface area contributed by atoms with E-state index in [1.807, 2.05) is 0 Å². The normalized spacial score (nSPS) is 16.9. The van der Waals surface area contributed by atoms with Crippen LogP contribution in [-0.2, 0) is 17.5 Å². The molecule has 2 amide bonds.